The summed E-state index contributed by atoms with van der Waals surface area (Å²) in [5.41, 5.74) is 1.59. The normalized spacial score (nSPS) is 37.1. The van der Waals surface area contributed by atoms with Gasteiger partial charge in [0.25, 0.3) is 0 Å². The molecular weight excluding hydrogens is 228 g/mol. The fourth-order valence-electron chi connectivity index (χ4n) is 4.76. The van der Waals surface area contributed by atoms with Gasteiger partial charge in [0.15, 0.2) is 0 Å². The van der Waals surface area contributed by atoms with Crippen LogP contribution in [0.5, 0.6) is 0 Å². The van der Waals surface area contributed by atoms with Gasteiger partial charge in [0.05, 0.1) is 0 Å². The lowest BCUT2D eigenvalue weighted by atomic mass is 9.73. The molecule has 2 aromatic rings. The van der Waals surface area contributed by atoms with Crippen molar-refractivity contribution in [3.8, 4) is 0 Å². The molecule has 0 heterocycles. The van der Waals surface area contributed by atoms with E-state index < -0.39 is 0 Å². The summed E-state index contributed by atoms with van der Waals surface area (Å²) in [5.74, 6) is 4.59. The van der Waals surface area contributed by atoms with E-state index in [0.29, 0.717) is 0 Å². The van der Waals surface area contributed by atoms with Crippen molar-refractivity contribution in [1.29, 1.82) is 0 Å². The zero-order valence-corrected chi connectivity index (χ0v) is 11.8. The lowest BCUT2D eigenvalue weighted by molar-refractivity contribution is 0.232. The maximum atomic E-state index is 2.47. The van der Waals surface area contributed by atoms with E-state index in [2.05, 4.69) is 56.3 Å². The van der Waals surface area contributed by atoms with Gasteiger partial charge in [0.2, 0.25) is 0 Å². The number of benzene rings is 2. The van der Waals surface area contributed by atoms with Gasteiger partial charge in [0, 0.05) is 0 Å². The minimum atomic E-state index is 0.820. The van der Waals surface area contributed by atoms with Crippen LogP contribution in [0.2, 0.25) is 0 Å². The predicted octanol–water partition coefficient (Wildman–Crippen LogP) is 5.24. The number of fused-ring (bicyclic) bond motifs is 3. The molecule has 19 heavy (non-hydrogen) atoms. The third-order valence-corrected chi connectivity index (χ3v) is 6.10. The molecule has 2 bridgehead atoms. The van der Waals surface area contributed by atoms with Crippen molar-refractivity contribution in [3.63, 3.8) is 0 Å². The summed E-state index contributed by atoms with van der Waals surface area (Å²) in [5, 5.41) is 2.78. The monoisotopic (exact) mass is 250 g/mol. The van der Waals surface area contributed by atoms with Gasteiger partial charge in [-0.15, -0.1) is 0 Å². The molecule has 2 aliphatic carbocycles. The Hall–Kier alpha value is -1.30. The van der Waals surface area contributed by atoms with Crippen LogP contribution in [0.15, 0.2) is 42.5 Å². The average Bonchev–Trinajstić information content (AvgIpc) is 2.99. The van der Waals surface area contributed by atoms with Gasteiger partial charge in [-0.05, 0) is 58.8 Å². The van der Waals surface area contributed by atoms with Crippen LogP contribution in [0, 0.1) is 23.7 Å². The lowest BCUT2D eigenvalue weighted by Crippen LogP contribution is -2.23. The fourth-order valence-corrected chi connectivity index (χ4v) is 4.76. The molecule has 0 spiro atoms. The third-order valence-electron chi connectivity index (χ3n) is 6.10. The molecule has 2 aliphatic rings. The predicted molar refractivity (Wildman–Crippen MR) is 81.2 cm³/mol. The van der Waals surface area contributed by atoms with Gasteiger partial charge in [0.1, 0.15) is 0 Å². The molecule has 0 saturated heterocycles. The second kappa shape index (κ2) is 4.10. The highest BCUT2D eigenvalue weighted by molar-refractivity contribution is 5.83. The summed E-state index contributed by atoms with van der Waals surface area (Å²) >= 11 is 0. The molecule has 0 aliphatic heterocycles. The first-order chi connectivity index (χ1) is 9.24. The molecule has 2 saturated carbocycles. The molecule has 0 heteroatoms. The fraction of sp³-hybridized carbons (Fsp3) is 0.474. The Morgan fingerprint density at radius 2 is 1.63 bits per heavy atom. The molecule has 0 amide bonds. The molecule has 0 N–H and O–H groups in total. The molecule has 98 valence electrons. The van der Waals surface area contributed by atoms with E-state index in [1.165, 1.54) is 23.6 Å². The van der Waals surface area contributed by atoms with Gasteiger partial charge in [-0.1, -0.05) is 56.3 Å². The van der Waals surface area contributed by atoms with E-state index in [-0.39, 0.29) is 0 Å². The van der Waals surface area contributed by atoms with Crippen LogP contribution in [0.1, 0.15) is 38.2 Å². The van der Waals surface area contributed by atoms with Gasteiger partial charge < -0.3 is 0 Å². The van der Waals surface area contributed by atoms with Crippen molar-refractivity contribution < 1.29 is 0 Å². The summed E-state index contributed by atoms with van der Waals surface area (Å²) < 4.78 is 0. The van der Waals surface area contributed by atoms with E-state index in [1.807, 2.05) is 0 Å². The summed E-state index contributed by atoms with van der Waals surface area (Å²) in [7, 11) is 0. The largest absolute Gasteiger partial charge is 0.0620 e. The summed E-state index contributed by atoms with van der Waals surface area (Å²) in [4.78, 5) is 0. The quantitative estimate of drug-likeness (QED) is 0.649. The second-order valence-electron chi connectivity index (χ2n) is 6.83. The van der Waals surface area contributed by atoms with E-state index in [4.69, 9.17) is 0 Å². The summed E-state index contributed by atoms with van der Waals surface area (Å²) in [6, 6.07) is 15.9. The highest BCUT2D eigenvalue weighted by Gasteiger charge is 2.48. The minimum Gasteiger partial charge on any atom is -0.0620 e. The van der Waals surface area contributed by atoms with Crippen LogP contribution in [0.25, 0.3) is 10.8 Å². The minimum absolute atomic E-state index is 0.820. The van der Waals surface area contributed by atoms with Crippen molar-refractivity contribution >= 4 is 10.8 Å². The number of rotatable bonds is 1. The van der Waals surface area contributed by atoms with Crippen molar-refractivity contribution in [1.82, 2.24) is 0 Å². The first-order valence-electron chi connectivity index (χ1n) is 7.73. The summed E-state index contributed by atoms with van der Waals surface area (Å²) in [6.45, 7) is 4.94. The molecule has 4 rings (SSSR count). The van der Waals surface area contributed by atoms with Crippen LogP contribution in [0.3, 0.4) is 0 Å². The summed E-state index contributed by atoms with van der Waals surface area (Å²) in [6.07, 6.45) is 2.90. The van der Waals surface area contributed by atoms with Crippen molar-refractivity contribution in [2.75, 3.05) is 0 Å². The Kier molecular flexibility index (Phi) is 2.48. The number of hydrogen-bond donors (Lipinski definition) is 0. The Balaban J connectivity index is 1.72. The van der Waals surface area contributed by atoms with E-state index in [9.17, 15) is 0 Å². The standard InChI is InChI=1S/C19H22/c1-12-13(2)18-10-17(12)11-19(18)16-8-7-14-5-3-4-6-15(14)9-16/h3-9,12-13,17-19H,10-11H2,1-2H3/t12?,13?,17-,18+,19?/m1/s1. The highest BCUT2D eigenvalue weighted by atomic mass is 14.5. The van der Waals surface area contributed by atoms with E-state index in [0.717, 1.165) is 29.6 Å². The molecule has 2 aromatic carbocycles. The Bertz CT molecular complexity index is 610. The van der Waals surface area contributed by atoms with Crippen molar-refractivity contribution in [2.24, 2.45) is 23.7 Å². The maximum absolute atomic E-state index is 2.47. The maximum Gasteiger partial charge on any atom is -0.0128 e. The van der Waals surface area contributed by atoms with E-state index >= 15 is 0 Å². The zero-order valence-electron chi connectivity index (χ0n) is 11.8. The Labute approximate surface area is 115 Å². The smallest absolute Gasteiger partial charge is 0.0128 e. The molecule has 0 aromatic heterocycles. The molecule has 2 fully saturated rings. The van der Waals surface area contributed by atoms with Crippen LogP contribution in [0.4, 0.5) is 0 Å². The molecule has 0 radical (unpaired) electrons. The van der Waals surface area contributed by atoms with Gasteiger partial charge in [-0.3, -0.25) is 0 Å². The second-order valence-corrected chi connectivity index (χ2v) is 6.83. The SMILES string of the molecule is CC1C(C)[C@@H]2C[C@@H]1CC2c1ccc2ccccc2c1. The van der Waals surface area contributed by atoms with Gasteiger partial charge in [-0.25, -0.2) is 0 Å². The lowest BCUT2D eigenvalue weighted by Gasteiger charge is -2.32. The average molecular weight is 250 g/mol. The molecule has 0 nitrogen and oxygen atoms in total. The Morgan fingerprint density at radius 3 is 2.37 bits per heavy atom. The van der Waals surface area contributed by atoms with Crippen LogP contribution in [-0.2, 0) is 0 Å². The van der Waals surface area contributed by atoms with E-state index in [1.54, 1.807) is 5.56 Å². The van der Waals surface area contributed by atoms with Crippen molar-refractivity contribution in [3.05, 3.63) is 48.0 Å². The molecular formula is C19H22. The highest BCUT2D eigenvalue weighted by Crippen LogP contribution is 2.58. The third kappa shape index (κ3) is 1.65. The van der Waals surface area contributed by atoms with Gasteiger partial charge >= 0.3 is 0 Å². The van der Waals surface area contributed by atoms with Crippen LogP contribution in [-0.4, -0.2) is 0 Å². The zero-order chi connectivity index (χ0) is 13.0. The number of hydrogen-bond acceptors (Lipinski definition) is 0. The van der Waals surface area contributed by atoms with Crippen LogP contribution >= 0.6 is 0 Å². The first-order valence-corrected chi connectivity index (χ1v) is 7.73. The Morgan fingerprint density at radius 1 is 0.842 bits per heavy atom. The molecule has 5 atom stereocenters. The molecule has 3 unspecified atom stereocenters. The van der Waals surface area contributed by atoms with Gasteiger partial charge in [-0.2, -0.15) is 0 Å². The van der Waals surface area contributed by atoms with Crippen LogP contribution < -0.4 is 0 Å². The van der Waals surface area contributed by atoms with Crippen molar-refractivity contribution in [2.45, 2.75) is 32.6 Å². The first kappa shape index (κ1) is 11.5. The topological polar surface area (TPSA) is 0 Å².